The summed E-state index contributed by atoms with van der Waals surface area (Å²) in [6, 6.07) is 18.0. The molecule has 1 fully saturated rings. The number of phenolic OH excluding ortho intramolecular Hbond substituents is 2. The molecule has 5 rings (SSSR count). The standard InChI is InChI=1S/C30H28Cl2N4O3/c1-19-16-33-30(32)34-28(19)22-7-9-23(10-8-22)36(29(39)24-14-25(31)27(38)15-26(24)37)18-21-6-4-5-20(13-21)17-35-11-2-3-12-35/h4-10,13-16,37-38H,2-3,11-12,17-18H2,1H3. The molecule has 1 aliphatic heterocycles. The summed E-state index contributed by atoms with van der Waals surface area (Å²) in [4.78, 5) is 26.2. The van der Waals surface area contributed by atoms with Gasteiger partial charge < -0.3 is 15.1 Å². The zero-order valence-corrected chi connectivity index (χ0v) is 23.0. The van der Waals surface area contributed by atoms with E-state index in [2.05, 4.69) is 27.0 Å². The second-order valence-electron chi connectivity index (χ2n) is 9.73. The number of phenols is 2. The van der Waals surface area contributed by atoms with Crippen molar-refractivity contribution in [1.29, 1.82) is 0 Å². The van der Waals surface area contributed by atoms with Crippen LogP contribution in [-0.2, 0) is 13.1 Å². The molecule has 9 heteroatoms. The molecular weight excluding hydrogens is 535 g/mol. The van der Waals surface area contributed by atoms with E-state index in [-0.39, 0.29) is 33.9 Å². The van der Waals surface area contributed by atoms with Crippen molar-refractivity contribution >= 4 is 34.8 Å². The van der Waals surface area contributed by atoms with Crippen molar-refractivity contribution in [3.63, 3.8) is 0 Å². The number of aromatic nitrogens is 2. The van der Waals surface area contributed by atoms with E-state index >= 15 is 0 Å². The number of benzene rings is 3. The Kier molecular flexibility index (Phi) is 8.02. The number of aryl methyl sites for hydroxylation is 1. The topological polar surface area (TPSA) is 89.8 Å². The third-order valence-electron chi connectivity index (χ3n) is 6.87. The molecular formula is C30H28Cl2N4O3. The maximum atomic E-state index is 13.8. The molecule has 0 atom stereocenters. The molecule has 39 heavy (non-hydrogen) atoms. The molecule has 1 aromatic heterocycles. The minimum absolute atomic E-state index is 0.00600. The molecule has 3 aromatic carbocycles. The van der Waals surface area contributed by atoms with Gasteiger partial charge in [0.25, 0.3) is 5.91 Å². The predicted octanol–water partition coefficient (Wildman–Crippen LogP) is 6.61. The number of carbonyl (C=O) groups is 1. The highest BCUT2D eigenvalue weighted by molar-refractivity contribution is 6.32. The van der Waals surface area contributed by atoms with Gasteiger partial charge in [-0.2, -0.15) is 0 Å². The average Bonchev–Trinajstić information content (AvgIpc) is 3.44. The van der Waals surface area contributed by atoms with Crippen molar-refractivity contribution in [1.82, 2.24) is 14.9 Å². The van der Waals surface area contributed by atoms with E-state index in [1.54, 1.807) is 11.1 Å². The van der Waals surface area contributed by atoms with Crippen LogP contribution in [-0.4, -0.2) is 44.1 Å². The molecule has 200 valence electrons. The van der Waals surface area contributed by atoms with Gasteiger partial charge in [0.15, 0.2) is 0 Å². The van der Waals surface area contributed by atoms with Crippen molar-refractivity contribution in [2.75, 3.05) is 18.0 Å². The summed E-state index contributed by atoms with van der Waals surface area (Å²) in [6.45, 7) is 5.23. The van der Waals surface area contributed by atoms with E-state index in [1.807, 2.05) is 43.3 Å². The van der Waals surface area contributed by atoms with E-state index in [0.29, 0.717) is 11.4 Å². The number of halogens is 2. The number of rotatable bonds is 7. The van der Waals surface area contributed by atoms with Gasteiger partial charge in [-0.05, 0) is 79.3 Å². The normalized spacial score (nSPS) is 13.5. The predicted molar refractivity (Wildman–Crippen MR) is 153 cm³/mol. The third-order valence-corrected chi connectivity index (χ3v) is 7.36. The van der Waals surface area contributed by atoms with E-state index in [9.17, 15) is 15.0 Å². The first-order valence-electron chi connectivity index (χ1n) is 12.7. The average molecular weight is 563 g/mol. The highest BCUT2D eigenvalue weighted by Gasteiger charge is 2.23. The molecule has 7 nitrogen and oxygen atoms in total. The summed E-state index contributed by atoms with van der Waals surface area (Å²) >= 11 is 12.1. The maximum absolute atomic E-state index is 13.8. The van der Waals surface area contributed by atoms with Gasteiger partial charge in [-0.3, -0.25) is 9.69 Å². The van der Waals surface area contributed by atoms with E-state index in [0.717, 1.165) is 42.4 Å². The number of nitrogens with zero attached hydrogens (tertiary/aromatic N) is 4. The van der Waals surface area contributed by atoms with Crippen LogP contribution in [0.1, 0.15) is 39.9 Å². The summed E-state index contributed by atoms with van der Waals surface area (Å²) in [6.07, 6.45) is 4.11. The molecule has 1 aliphatic rings. The molecule has 1 amide bonds. The second kappa shape index (κ2) is 11.6. The Balaban J connectivity index is 1.49. The first-order valence-corrected chi connectivity index (χ1v) is 13.5. The van der Waals surface area contributed by atoms with Gasteiger partial charge in [0.2, 0.25) is 5.28 Å². The van der Waals surface area contributed by atoms with Crippen molar-refractivity contribution in [2.24, 2.45) is 0 Å². The number of amides is 1. The molecule has 0 saturated carbocycles. The lowest BCUT2D eigenvalue weighted by Gasteiger charge is -2.25. The van der Waals surface area contributed by atoms with Crippen LogP contribution < -0.4 is 4.90 Å². The number of hydrogen-bond acceptors (Lipinski definition) is 6. The van der Waals surface area contributed by atoms with Crippen LogP contribution >= 0.6 is 23.2 Å². The first kappa shape index (κ1) is 26.9. The van der Waals surface area contributed by atoms with Crippen LogP contribution in [0.25, 0.3) is 11.3 Å². The lowest BCUT2D eigenvalue weighted by Crippen LogP contribution is -2.30. The maximum Gasteiger partial charge on any atom is 0.262 e. The highest BCUT2D eigenvalue weighted by Crippen LogP contribution is 2.34. The lowest BCUT2D eigenvalue weighted by molar-refractivity contribution is 0.0982. The van der Waals surface area contributed by atoms with Crippen molar-refractivity contribution in [3.8, 4) is 22.8 Å². The summed E-state index contributed by atoms with van der Waals surface area (Å²) in [5.41, 5.74) is 5.16. The zero-order chi connectivity index (χ0) is 27.5. The number of likely N-dealkylation sites (tertiary alicyclic amines) is 1. The molecule has 0 aliphatic carbocycles. The number of anilines is 1. The molecule has 0 radical (unpaired) electrons. The van der Waals surface area contributed by atoms with Crippen molar-refractivity contribution in [3.05, 3.63) is 99.4 Å². The molecule has 2 N–H and O–H groups in total. The van der Waals surface area contributed by atoms with Gasteiger partial charge in [0.05, 0.1) is 22.8 Å². The smallest absolute Gasteiger partial charge is 0.262 e. The largest absolute Gasteiger partial charge is 0.507 e. The van der Waals surface area contributed by atoms with E-state index in [4.69, 9.17) is 23.2 Å². The van der Waals surface area contributed by atoms with Crippen molar-refractivity contribution in [2.45, 2.75) is 32.9 Å². The monoisotopic (exact) mass is 562 g/mol. The van der Waals surface area contributed by atoms with Crippen LogP contribution in [0, 0.1) is 6.92 Å². The Morgan fingerprint density at radius 2 is 1.69 bits per heavy atom. The Morgan fingerprint density at radius 1 is 0.974 bits per heavy atom. The zero-order valence-electron chi connectivity index (χ0n) is 21.4. The highest BCUT2D eigenvalue weighted by atomic mass is 35.5. The Hall–Kier alpha value is -3.65. The minimum atomic E-state index is -0.451. The molecule has 0 bridgehead atoms. The number of aromatic hydroxyl groups is 2. The molecule has 0 unspecified atom stereocenters. The van der Waals surface area contributed by atoms with Crippen LogP contribution in [0.5, 0.6) is 11.5 Å². The SMILES string of the molecule is Cc1cnc(Cl)nc1-c1ccc(N(Cc2cccc(CN3CCCC3)c2)C(=O)c2cc(Cl)c(O)cc2O)cc1. The van der Waals surface area contributed by atoms with Crippen LogP contribution in [0.3, 0.4) is 0 Å². The fourth-order valence-corrected chi connectivity index (χ4v) is 5.16. The van der Waals surface area contributed by atoms with Crippen LogP contribution in [0.2, 0.25) is 10.3 Å². The summed E-state index contributed by atoms with van der Waals surface area (Å²) in [5, 5.41) is 20.5. The van der Waals surface area contributed by atoms with Gasteiger partial charge in [-0.15, -0.1) is 0 Å². The minimum Gasteiger partial charge on any atom is -0.507 e. The fraction of sp³-hybridized carbons (Fsp3) is 0.233. The van der Waals surface area contributed by atoms with Gasteiger partial charge in [0, 0.05) is 30.1 Å². The summed E-state index contributed by atoms with van der Waals surface area (Å²) in [7, 11) is 0. The Bertz CT molecular complexity index is 1510. The van der Waals surface area contributed by atoms with E-state index < -0.39 is 5.91 Å². The van der Waals surface area contributed by atoms with Gasteiger partial charge in [-0.25, -0.2) is 9.97 Å². The fourth-order valence-electron chi connectivity index (χ4n) is 4.87. The van der Waals surface area contributed by atoms with Gasteiger partial charge >= 0.3 is 0 Å². The number of hydrogen-bond donors (Lipinski definition) is 2. The molecule has 2 heterocycles. The van der Waals surface area contributed by atoms with Crippen LogP contribution in [0.4, 0.5) is 5.69 Å². The first-order chi connectivity index (χ1) is 18.8. The quantitative estimate of drug-likeness (QED) is 0.246. The Morgan fingerprint density at radius 3 is 2.44 bits per heavy atom. The Labute approximate surface area is 237 Å². The van der Waals surface area contributed by atoms with Crippen LogP contribution in [0.15, 0.2) is 66.9 Å². The summed E-state index contributed by atoms with van der Waals surface area (Å²) < 4.78 is 0. The van der Waals surface area contributed by atoms with Gasteiger partial charge in [0.1, 0.15) is 11.5 Å². The molecule has 0 spiro atoms. The second-order valence-corrected chi connectivity index (χ2v) is 10.5. The summed E-state index contributed by atoms with van der Waals surface area (Å²) in [5.74, 6) is -1.10. The molecule has 4 aromatic rings. The van der Waals surface area contributed by atoms with Gasteiger partial charge in [-0.1, -0.05) is 48.0 Å². The molecule has 1 saturated heterocycles. The van der Waals surface area contributed by atoms with E-state index in [1.165, 1.54) is 24.5 Å². The number of carbonyl (C=O) groups excluding carboxylic acids is 1. The van der Waals surface area contributed by atoms with Crippen molar-refractivity contribution < 1.29 is 15.0 Å². The third kappa shape index (κ3) is 6.17. The lowest BCUT2D eigenvalue weighted by atomic mass is 10.1.